The second-order valence-corrected chi connectivity index (χ2v) is 8.57. The number of carbonyl (C=O) groups is 2. The zero-order chi connectivity index (χ0) is 18.9. The second-order valence-electron chi connectivity index (χ2n) is 7.43. The maximum absolute atomic E-state index is 12.6. The molecule has 0 bridgehead atoms. The number of amides is 3. The smallest absolute Gasteiger partial charge is 0.319 e. The van der Waals surface area contributed by atoms with Crippen LogP contribution in [0.5, 0.6) is 0 Å². The van der Waals surface area contributed by atoms with Crippen molar-refractivity contribution in [3.8, 4) is 0 Å². The third kappa shape index (κ3) is 3.89. The molecule has 1 aliphatic rings. The van der Waals surface area contributed by atoms with Crippen molar-refractivity contribution in [2.75, 3.05) is 11.9 Å². The Morgan fingerprint density at radius 2 is 1.88 bits per heavy atom. The lowest BCUT2D eigenvalue weighted by molar-refractivity contribution is 0.0711. The summed E-state index contributed by atoms with van der Waals surface area (Å²) in [5.74, 6) is -0.515. The lowest BCUT2D eigenvalue weighted by Gasteiger charge is -2.27. The highest BCUT2D eigenvalue weighted by molar-refractivity contribution is 7.14. The van der Waals surface area contributed by atoms with Crippen molar-refractivity contribution in [1.82, 2.24) is 10.4 Å². The predicted octanol–water partition coefficient (Wildman–Crippen LogP) is 3.75. The van der Waals surface area contributed by atoms with E-state index in [1.54, 1.807) is 16.4 Å². The number of fused-ring (bicyclic) bond motifs is 1. The molecule has 1 aromatic heterocycles. The van der Waals surface area contributed by atoms with Gasteiger partial charge in [-0.3, -0.25) is 10.0 Å². The number of nitrogens with zero attached hydrogens (tertiary/aromatic N) is 1. The molecule has 1 aromatic carbocycles. The third-order valence-corrected chi connectivity index (χ3v) is 5.66. The van der Waals surface area contributed by atoms with Crippen molar-refractivity contribution in [2.45, 2.75) is 39.2 Å². The van der Waals surface area contributed by atoms with Crippen LogP contribution in [0, 0.1) is 0 Å². The minimum Gasteiger partial charge on any atom is -0.319 e. The first kappa shape index (κ1) is 18.4. The monoisotopic (exact) mass is 373 g/mol. The predicted molar refractivity (Wildman–Crippen MR) is 102 cm³/mol. The number of nitrogens with one attached hydrogen (secondary N) is 2. The summed E-state index contributed by atoms with van der Waals surface area (Å²) >= 11 is 1.31. The number of hydrogen-bond acceptors (Lipinski definition) is 4. The summed E-state index contributed by atoms with van der Waals surface area (Å²) in [5, 5.41) is 11.7. The standard InChI is InChI=1S/C19H23N3O3S/c1-19(2,3)13-4-6-14(7-5-13)20-18(24)22-9-8-12-10-15(17(23)21-25)26-16(12)11-22/h4-7,10,25H,8-9,11H2,1-3H3,(H,20,24)(H,21,23). The van der Waals surface area contributed by atoms with Crippen molar-refractivity contribution >= 4 is 29.0 Å². The lowest BCUT2D eigenvalue weighted by atomic mass is 9.87. The Balaban J connectivity index is 1.66. The highest BCUT2D eigenvalue weighted by atomic mass is 32.1. The molecule has 6 nitrogen and oxygen atoms in total. The normalized spacial score (nSPS) is 13.9. The first-order valence-electron chi connectivity index (χ1n) is 8.50. The third-order valence-electron chi connectivity index (χ3n) is 4.50. The summed E-state index contributed by atoms with van der Waals surface area (Å²) in [7, 11) is 0. The van der Waals surface area contributed by atoms with E-state index in [1.807, 2.05) is 24.3 Å². The van der Waals surface area contributed by atoms with Crippen LogP contribution in [0.15, 0.2) is 30.3 Å². The van der Waals surface area contributed by atoms with Gasteiger partial charge in [-0.2, -0.15) is 0 Å². The van der Waals surface area contributed by atoms with Gasteiger partial charge in [-0.05, 0) is 41.2 Å². The Kier molecular flexibility index (Phi) is 5.02. The number of anilines is 1. The van der Waals surface area contributed by atoms with E-state index >= 15 is 0 Å². The van der Waals surface area contributed by atoms with Gasteiger partial charge in [0.15, 0.2) is 0 Å². The molecular weight excluding hydrogens is 350 g/mol. The minimum atomic E-state index is -0.515. The summed E-state index contributed by atoms with van der Waals surface area (Å²) in [5.41, 5.74) is 4.76. The molecule has 3 rings (SSSR count). The molecule has 26 heavy (non-hydrogen) atoms. The lowest BCUT2D eigenvalue weighted by Crippen LogP contribution is -2.38. The Morgan fingerprint density at radius 1 is 1.19 bits per heavy atom. The van der Waals surface area contributed by atoms with Gasteiger partial charge in [0.25, 0.3) is 5.91 Å². The van der Waals surface area contributed by atoms with Gasteiger partial charge >= 0.3 is 6.03 Å². The Labute approximate surface area is 156 Å². The topological polar surface area (TPSA) is 81.7 Å². The van der Waals surface area contributed by atoms with Crippen molar-refractivity contribution in [1.29, 1.82) is 0 Å². The van der Waals surface area contributed by atoms with Crippen LogP contribution < -0.4 is 10.8 Å². The van der Waals surface area contributed by atoms with Crippen LogP contribution in [-0.2, 0) is 18.4 Å². The van der Waals surface area contributed by atoms with Crippen LogP contribution in [-0.4, -0.2) is 28.6 Å². The number of carbonyl (C=O) groups excluding carboxylic acids is 2. The average molecular weight is 373 g/mol. The molecule has 7 heteroatoms. The van der Waals surface area contributed by atoms with E-state index in [-0.39, 0.29) is 11.4 Å². The van der Waals surface area contributed by atoms with Crippen LogP contribution in [0.2, 0.25) is 0 Å². The van der Waals surface area contributed by atoms with Crippen LogP contribution in [0.4, 0.5) is 10.5 Å². The molecule has 3 amide bonds. The fourth-order valence-corrected chi connectivity index (χ4v) is 4.03. The Bertz CT molecular complexity index is 822. The Hall–Kier alpha value is -2.38. The molecular formula is C19H23N3O3S. The molecule has 3 N–H and O–H groups in total. The quantitative estimate of drug-likeness (QED) is 0.554. The molecule has 2 aromatic rings. The zero-order valence-corrected chi connectivity index (χ0v) is 15.9. The van der Waals surface area contributed by atoms with Crippen LogP contribution >= 0.6 is 11.3 Å². The molecule has 0 aliphatic carbocycles. The summed E-state index contributed by atoms with van der Waals surface area (Å²) in [6, 6.07) is 9.53. The van der Waals surface area contributed by atoms with Gasteiger partial charge in [0, 0.05) is 17.1 Å². The number of benzene rings is 1. The Morgan fingerprint density at radius 3 is 2.50 bits per heavy atom. The van der Waals surface area contributed by atoms with Gasteiger partial charge in [0.05, 0.1) is 11.4 Å². The van der Waals surface area contributed by atoms with Crippen LogP contribution in [0.3, 0.4) is 0 Å². The molecule has 0 radical (unpaired) electrons. The van der Waals surface area contributed by atoms with E-state index in [0.29, 0.717) is 24.4 Å². The average Bonchev–Trinajstić information content (AvgIpc) is 3.04. The molecule has 0 saturated carbocycles. The SMILES string of the molecule is CC(C)(C)c1ccc(NC(=O)N2CCc3cc(C(=O)NO)sc3C2)cc1. The van der Waals surface area contributed by atoms with Gasteiger partial charge in [-0.25, -0.2) is 10.3 Å². The maximum Gasteiger partial charge on any atom is 0.322 e. The minimum absolute atomic E-state index is 0.0730. The van der Waals surface area contributed by atoms with E-state index in [1.165, 1.54) is 16.9 Å². The fourth-order valence-electron chi connectivity index (χ4n) is 2.92. The number of hydroxylamine groups is 1. The second kappa shape index (κ2) is 7.09. The van der Waals surface area contributed by atoms with Crippen LogP contribution in [0.25, 0.3) is 0 Å². The van der Waals surface area contributed by atoms with Gasteiger partial charge < -0.3 is 10.2 Å². The van der Waals surface area contributed by atoms with E-state index < -0.39 is 5.91 Å². The number of rotatable bonds is 2. The van der Waals surface area contributed by atoms with Gasteiger partial charge in [-0.1, -0.05) is 32.9 Å². The van der Waals surface area contributed by atoms with Crippen molar-refractivity contribution in [3.63, 3.8) is 0 Å². The van der Waals surface area contributed by atoms with Crippen molar-refractivity contribution < 1.29 is 14.8 Å². The highest BCUT2D eigenvalue weighted by Crippen LogP contribution is 2.29. The molecule has 0 fully saturated rings. The van der Waals surface area contributed by atoms with E-state index in [9.17, 15) is 9.59 Å². The van der Waals surface area contributed by atoms with Gasteiger partial charge in [-0.15, -0.1) is 11.3 Å². The van der Waals surface area contributed by atoms with Crippen LogP contribution in [0.1, 0.15) is 46.4 Å². The summed E-state index contributed by atoms with van der Waals surface area (Å²) in [6.07, 6.45) is 0.695. The summed E-state index contributed by atoms with van der Waals surface area (Å²) in [4.78, 5) is 27.3. The van der Waals surface area contributed by atoms with E-state index in [4.69, 9.17) is 5.21 Å². The van der Waals surface area contributed by atoms with E-state index in [2.05, 4.69) is 26.1 Å². The van der Waals surface area contributed by atoms with Crippen molar-refractivity contribution in [3.05, 3.63) is 51.2 Å². The zero-order valence-electron chi connectivity index (χ0n) is 15.1. The molecule has 2 heterocycles. The van der Waals surface area contributed by atoms with Gasteiger partial charge in [0.2, 0.25) is 0 Å². The number of urea groups is 1. The maximum atomic E-state index is 12.6. The van der Waals surface area contributed by atoms with Gasteiger partial charge in [0.1, 0.15) is 0 Å². The first-order valence-corrected chi connectivity index (χ1v) is 9.32. The molecule has 0 spiro atoms. The summed E-state index contributed by atoms with van der Waals surface area (Å²) < 4.78 is 0. The first-order chi connectivity index (χ1) is 12.3. The number of thiophene rings is 1. The molecule has 0 atom stereocenters. The van der Waals surface area contributed by atoms with Crippen molar-refractivity contribution in [2.24, 2.45) is 0 Å². The molecule has 1 aliphatic heterocycles. The molecule has 0 unspecified atom stereocenters. The fraction of sp³-hybridized carbons (Fsp3) is 0.368. The summed E-state index contributed by atoms with van der Waals surface area (Å²) in [6.45, 7) is 7.51. The van der Waals surface area contributed by atoms with E-state index in [0.717, 1.165) is 16.1 Å². The molecule has 0 saturated heterocycles. The molecule has 138 valence electrons. The number of hydrogen-bond donors (Lipinski definition) is 3. The largest absolute Gasteiger partial charge is 0.322 e. The highest BCUT2D eigenvalue weighted by Gasteiger charge is 2.24.